The number of nitrogens with zero attached hydrogens (tertiary/aromatic N) is 2. The molecule has 0 aliphatic heterocycles. The molecule has 0 bridgehead atoms. The van der Waals surface area contributed by atoms with Crippen molar-refractivity contribution in [2.45, 2.75) is 0 Å². The first kappa shape index (κ1) is 14.7. The van der Waals surface area contributed by atoms with Gasteiger partial charge in [-0.15, -0.1) is 0 Å². The maximum absolute atomic E-state index is 6.02. The zero-order chi connectivity index (χ0) is 16.5. The maximum atomic E-state index is 6.02. The van der Waals surface area contributed by atoms with Crippen LogP contribution in [0.4, 0.5) is 11.5 Å². The van der Waals surface area contributed by atoms with Crippen molar-refractivity contribution in [1.82, 2.24) is 9.97 Å². The number of benzene rings is 2. The Labute approximate surface area is 144 Å². The number of nitrogens with one attached hydrogen (secondary N) is 1. The summed E-state index contributed by atoms with van der Waals surface area (Å²) in [6, 6.07) is 17.4. The molecule has 5 heteroatoms. The van der Waals surface area contributed by atoms with Crippen molar-refractivity contribution in [3.8, 4) is 5.75 Å². The molecule has 4 rings (SSSR count). The van der Waals surface area contributed by atoms with E-state index in [1.165, 1.54) is 0 Å². The number of ether oxygens (including phenoxy) is 1. The summed E-state index contributed by atoms with van der Waals surface area (Å²) in [4.78, 5) is 9.10. The van der Waals surface area contributed by atoms with Crippen molar-refractivity contribution in [2.75, 3.05) is 12.4 Å². The van der Waals surface area contributed by atoms with E-state index < -0.39 is 0 Å². The monoisotopic (exact) mass is 335 g/mol. The molecule has 0 amide bonds. The molecule has 2 heterocycles. The van der Waals surface area contributed by atoms with Crippen molar-refractivity contribution >= 4 is 44.9 Å². The van der Waals surface area contributed by atoms with Crippen molar-refractivity contribution in [2.24, 2.45) is 0 Å². The summed E-state index contributed by atoms with van der Waals surface area (Å²) in [5, 5.41) is 6.05. The van der Waals surface area contributed by atoms with Crippen LogP contribution in [-0.2, 0) is 0 Å². The van der Waals surface area contributed by atoms with E-state index in [1.54, 1.807) is 13.3 Å². The topological polar surface area (TPSA) is 47.0 Å². The van der Waals surface area contributed by atoms with Crippen LogP contribution in [0.2, 0.25) is 5.02 Å². The Morgan fingerprint density at radius 3 is 2.79 bits per heavy atom. The smallest absolute Gasteiger partial charge is 0.131 e. The summed E-state index contributed by atoms with van der Waals surface area (Å²) in [7, 11) is 1.65. The molecule has 0 saturated carbocycles. The van der Waals surface area contributed by atoms with E-state index in [0.717, 1.165) is 39.1 Å². The Kier molecular flexibility index (Phi) is 3.67. The average molecular weight is 336 g/mol. The van der Waals surface area contributed by atoms with Gasteiger partial charge in [-0.05, 0) is 42.5 Å². The molecule has 0 fully saturated rings. The van der Waals surface area contributed by atoms with Crippen molar-refractivity contribution in [3.63, 3.8) is 0 Å². The van der Waals surface area contributed by atoms with Gasteiger partial charge < -0.3 is 10.1 Å². The highest BCUT2D eigenvalue weighted by molar-refractivity contribution is 6.31. The van der Waals surface area contributed by atoms with Crippen LogP contribution >= 0.6 is 11.6 Å². The van der Waals surface area contributed by atoms with Crippen LogP contribution < -0.4 is 10.1 Å². The molecule has 0 unspecified atom stereocenters. The lowest BCUT2D eigenvalue weighted by Crippen LogP contribution is -1.97. The van der Waals surface area contributed by atoms with Gasteiger partial charge in [0.15, 0.2) is 0 Å². The second-order valence-corrected chi connectivity index (χ2v) is 5.85. The molecule has 0 aliphatic rings. The quantitative estimate of drug-likeness (QED) is 0.559. The van der Waals surface area contributed by atoms with Gasteiger partial charge in [0, 0.05) is 28.1 Å². The molecule has 1 N–H and O–H groups in total. The van der Waals surface area contributed by atoms with E-state index in [9.17, 15) is 0 Å². The van der Waals surface area contributed by atoms with E-state index >= 15 is 0 Å². The minimum Gasteiger partial charge on any atom is -0.497 e. The third-order valence-corrected chi connectivity index (χ3v) is 4.06. The fraction of sp³-hybridized carbons (Fsp3) is 0.0526. The summed E-state index contributed by atoms with van der Waals surface area (Å²) in [6.45, 7) is 0. The fourth-order valence-electron chi connectivity index (χ4n) is 2.68. The lowest BCUT2D eigenvalue weighted by atomic mass is 10.1. The molecule has 0 aliphatic carbocycles. The van der Waals surface area contributed by atoms with Gasteiger partial charge in [-0.3, -0.25) is 4.98 Å². The van der Waals surface area contributed by atoms with E-state index in [-0.39, 0.29) is 0 Å². The van der Waals surface area contributed by atoms with E-state index in [2.05, 4.69) is 15.3 Å². The summed E-state index contributed by atoms with van der Waals surface area (Å²) in [6.07, 6.45) is 1.77. The predicted octanol–water partition coefficient (Wildman–Crippen LogP) is 5.19. The number of fused-ring (bicyclic) bond motifs is 2. The summed E-state index contributed by atoms with van der Waals surface area (Å²) in [5.41, 5.74) is 2.60. The number of methoxy groups -OCH3 is 1. The van der Waals surface area contributed by atoms with Crippen LogP contribution in [0, 0.1) is 0 Å². The van der Waals surface area contributed by atoms with Crippen LogP contribution in [-0.4, -0.2) is 17.1 Å². The maximum Gasteiger partial charge on any atom is 0.131 e. The molecule has 4 nitrogen and oxygen atoms in total. The average Bonchev–Trinajstić information content (AvgIpc) is 2.61. The number of halogens is 1. The van der Waals surface area contributed by atoms with Gasteiger partial charge in [0.05, 0.1) is 23.8 Å². The molecule has 118 valence electrons. The number of rotatable bonds is 3. The Morgan fingerprint density at radius 2 is 1.92 bits per heavy atom. The first-order valence-electron chi connectivity index (χ1n) is 7.49. The lowest BCUT2D eigenvalue weighted by Gasteiger charge is -2.11. The van der Waals surface area contributed by atoms with E-state index in [4.69, 9.17) is 16.3 Å². The van der Waals surface area contributed by atoms with Crippen molar-refractivity contribution in [3.05, 3.63) is 65.8 Å². The number of pyridine rings is 2. The largest absolute Gasteiger partial charge is 0.497 e. The van der Waals surface area contributed by atoms with Gasteiger partial charge in [0.2, 0.25) is 0 Å². The van der Waals surface area contributed by atoms with Crippen LogP contribution in [0.5, 0.6) is 5.75 Å². The number of anilines is 2. The number of hydrogen-bond acceptors (Lipinski definition) is 4. The van der Waals surface area contributed by atoms with E-state index in [0.29, 0.717) is 5.02 Å². The summed E-state index contributed by atoms with van der Waals surface area (Å²) < 4.78 is 5.38. The van der Waals surface area contributed by atoms with Gasteiger partial charge in [0.1, 0.15) is 11.6 Å². The fourth-order valence-corrected chi connectivity index (χ4v) is 2.86. The second kappa shape index (κ2) is 5.98. The summed E-state index contributed by atoms with van der Waals surface area (Å²) in [5.74, 6) is 1.51. The lowest BCUT2D eigenvalue weighted by molar-refractivity contribution is 0.415. The minimum atomic E-state index is 0.702. The molecule has 0 atom stereocenters. The van der Waals surface area contributed by atoms with Gasteiger partial charge in [-0.1, -0.05) is 17.7 Å². The number of aromatic nitrogens is 2. The Morgan fingerprint density at radius 1 is 1.00 bits per heavy atom. The molecule has 0 radical (unpaired) electrons. The molecular weight excluding hydrogens is 322 g/mol. The normalized spacial score (nSPS) is 10.9. The van der Waals surface area contributed by atoms with Gasteiger partial charge in [-0.2, -0.15) is 0 Å². The molecular formula is C19H14ClN3O. The van der Waals surface area contributed by atoms with Crippen molar-refractivity contribution in [1.29, 1.82) is 0 Å². The molecule has 2 aromatic carbocycles. The summed E-state index contributed by atoms with van der Waals surface area (Å²) >= 11 is 6.02. The highest BCUT2D eigenvalue weighted by Crippen LogP contribution is 2.30. The highest BCUT2D eigenvalue weighted by Gasteiger charge is 2.07. The Bertz CT molecular complexity index is 1050. The molecule has 2 aromatic heterocycles. The molecule has 4 aromatic rings. The van der Waals surface area contributed by atoms with Crippen LogP contribution in [0.25, 0.3) is 21.8 Å². The minimum absolute atomic E-state index is 0.702. The van der Waals surface area contributed by atoms with E-state index in [1.807, 2.05) is 54.6 Å². The third-order valence-electron chi connectivity index (χ3n) is 3.83. The van der Waals surface area contributed by atoms with Crippen molar-refractivity contribution < 1.29 is 4.74 Å². The van der Waals surface area contributed by atoms with Gasteiger partial charge in [0.25, 0.3) is 0 Å². The number of hydrogen-bond donors (Lipinski definition) is 1. The SMILES string of the molecule is COc1cc(Nc2ccc3cc(Cl)ccc3n2)c2ncccc2c1. The zero-order valence-corrected chi connectivity index (χ0v) is 13.7. The predicted molar refractivity (Wildman–Crippen MR) is 98.3 cm³/mol. The zero-order valence-electron chi connectivity index (χ0n) is 13.0. The van der Waals surface area contributed by atoms with Gasteiger partial charge in [-0.25, -0.2) is 4.98 Å². The second-order valence-electron chi connectivity index (χ2n) is 5.41. The van der Waals surface area contributed by atoms with Crippen LogP contribution in [0.15, 0.2) is 60.8 Å². The first-order chi connectivity index (χ1) is 11.7. The molecule has 0 spiro atoms. The Hall–Kier alpha value is -2.85. The first-order valence-corrected chi connectivity index (χ1v) is 7.87. The molecule has 0 saturated heterocycles. The van der Waals surface area contributed by atoms with Crippen LogP contribution in [0.3, 0.4) is 0 Å². The van der Waals surface area contributed by atoms with Gasteiger partial charge >= 0.3 is 0 Å². The third kappa shape index (κ3) is 2.72. The van der Waals surface area contributed by atoms with Crippen LogP contribution in [0.1, 0.15) is 0 Å². The standard InChI is InChI=1S/C19H14ClN3O/c1-24-15-10-13-3-2-8-21-19(13)17(11-15)23-18-7-4-12-9-14(20)5-6-16(12)22-18/h2-11H,1H3,(H,22,23). The highest BCUT2D eigenvalue weighted by atomic mass is 35.5. The molecule has 24 heavy (non-hydrogen) atoms. The Balaban J connectivity index is 1.80.